The fourth-order valence-corrected chi connectivity index (χ4v) is 1.24. The largest absolute Gasteiger partial charge is 0.330 e. The normalized spacial score (nSPS) is 12.9. The predicted molar refractivity (Wildman–Crippen MR) is 50.6 cm³/mol. The van der Waals surface area contributed by atoms with Crippen LogP contribution in [-0.4, -0.2) is 31.1 Å². The molecule has 1 unspecified atom stereocenters. The van der Waals surface area contributed by atoms with Gasteiger partial charge in [0.25, 0.3) is 0 Å². The second kappa shape index (κ2) is 7.08. The van der Waals surface area contributed by atoms with Crippen LogP contribution in [0.3, 0.4) is 0 Å². The van der Waals surface area contributed by atoms with Crippen LogP contribution in [0.25, 0.3) is 0 Å². The third-order valence-electron chi connectivity index (χ3n) is 2.14. The molecule has 2 N–H and O–H groups in total. The summed E-state index contributed by atoms with van der Waals surface area (Å²) in [5.41, 5.74) is 5.40. The van der Waals surface area contributed by atoms with E-state index in [2.05, 4.69) is 24.9 Å². The van der Waals surface area contributed by atoms with Crippen molar-refractivity contribution in [3.8, 4) is 6.07 Å². The first-order valence-corrected chi connectivity index (χ1v) is 4.53. The molecule has 70 valence electrons. The molecule has 0 rings (SSSR count). The Morgan fingerprint density at radius 1 is 1.58 bits per heavy atom. The molecule has 3 nitrogen and oxygen atoms in total. The Bertz CT molecular complexity index is 139. The van der Waals surface area contributed by atoms with Crippen molar-refractivity contribution in [1.82, 2.24) is 4.90 Å². The summed E-state index contributed by atoms with van der Waals surface area (Å²) in [4.78, 5) is 2.22. The van der Waals surface area contributed by atoms with Gasteiger partial charge in [-0.05, 0) is 33.0 Å². The molecule has 0 aromatic heterocycles. The standard InChI is InChI=1S/C9H19N3/c1-3-9(5-7-11)12(2)8-4-6-10/h9H,3-6,8,10H2,1-2H3. The molecule has 0 saturated heterocycles. The molecule has 3 heteroatoms. The predicted octanol–water partition coefficient (Wildman–Crippen LogP) is 0.959. The van der Waals surface area contributed by atoms with Crippen LogP contribution in [0.4, 0.5) is 0 Å². The van der Waals surface area contributed by atoms with Crippen molar-refractivity contribution in [3.05, 3.63) is 0 Å². The van der Waals surface area contributed by atoms with Crippen molar-refractivity contribution in [2.75, 3.05) is 20.1 Å². The fourth-order valence-electron chi connectivity index (χ4n) is 1.24. The van der Waals surface area contributed by atoms with Gasteiger partial charge in [0.15, 0.2) is 0 Å². The van der Waals surface area contributed by atoms with Crippen molar-refractivity contribution in [3.63, 3.8) is 0 Å². The number of nitriles is 1. The van der Waals surface area contributed by atoms with Crippen LogP contribution < -0.4 is 5.73 Å². The molecule has 0 amide bonds. The topological polar surface area (TPSA) is 53.0 Å². The first-order chi connectivity index (χ1) is 5.76. The van der Waals surface area contributed by atoms with E-state index in [1.54, 1.807) is 0 Å². The lowest BCUT2D eigenvalue weighted by Crippen LogP contribution is -2.32. The highest BCUT2D eigenvalue weighted by Gasteiger charge is 2.10. The maximum atomic E-state index is 8.54. The molecule has 1 atom stereocenters. The maximum absolute atomic E-state index is 8.54. The summed E-state index contributed by atoms with van der Waals surface area (Å²) in [5.74, 6) is 0. The van der Waals surface area contributed by atoms with Gasteiger partial charge in [-0.1, -0.05) is 6.92 Å². The van der Waals surface area contributed by atoms with Gasteiger partial charge < -0.3 is 10.6 Å². The lowest BCUT2D eigenvalue weighted by atomic mass is 10.1. The Morgan fingerprint density at radius 3 is 2.67 bits per heavy atom. The van der Waals surface area contributed by atoms with Gasteiger partial charge in [-0.3, -0.25) is 0 Å². The van der Waals surface area contributed by atoms with E-state index in [1.807, 2.05) is 0 Å². The molecular weight excluding hydrogens is 150 g/mol. The number of nitrogens with zero attached hydrogens (tertiary/aromatic N) is 2. The van der Waals surface area contributed by atoms with Crippen LogP contribution in [-0.2, 0) is 0 Å². The Morgan fingerprint density at radius 2 is 2.25 bits per heavy atom. The third kappa shape index (κ3) is 4.32. The molecule has 12 heavy (non-hydrogen) atoms. The molecule has 0 aliphatic carbocycles. The average molecular weight is 169 g/mol. The number of hydrogen-bond donors (Lipinski definition) is 1. The quantitative estimate of drug-likeness (QED) is 0.644. The monoisotopic (exact) mass is 169 g/mol. The van der Waals surface area contributed by atoms with Crippen molar-refractivity contribution < 1.29 is 0 Å². The van der Waals surface area contributed by atoms with E-state index in [1.165, 1.54) is 0 Å². The van der Waals surface area contributed by atoms with Crippen LogP contribution in [0, 0.1) is 11.3 Å². The van der Waals surface area contributed by atoms with Crippen LogP contribution in [0.2, 0.25) is 0 Å². The molecule has 0 aliphatic rings. The molecule has 0 bridgehead atoms. The third-order valence-corrected chi connectivity index (χ3v) is 2.14. The molecule has 0 radical (unpaired) electrons. The lowest BCUT2D eigenvalue weighted by molar-refractivity contribution is 0.237. The van der Waals surface area contributed by atoms with E-state index < -0.39 is 0 Å². The van der Waals surface area contributed by atoms with Gasteiger partial charge in [-0.15, -0.1) is 0 Å². The minimum atomic E-state index is 0.404. The van der Waals surface area contributed by atoms with E-state index in [-0.39, 0.29) is 0 Å². The molecule has 0 aliphatic heterocycles. The van der Waals surface area contributed by atoms with Gasteiger partial charge >= 0.3 is 0 Å². The zero-order valence-electron chi connectivity index (χ0n) is 8.08. The van der Waals surface area contributed by atoms with E-state index in [0.717, 1.165) is 25.9 Å². The van der Waals surface area contributed by atoms with E-state index in [9.17, 15) is 0 Å². The van der Waals surface area contributed by atoms with Gasteiger partial charge in [0, 0.05) is 6.04 Å². The first-order valence-electron chi connectivity index (χ1n) is 4.53. The molecule has 0 heterocycles. The molecule has 0 aromatic carbocycles. The van der Waals surface area contributed by atoms with Crippen molar-refractivity contribution in [1.29, 1.82) is 5.26 Å². The molecular formula is C9H19N3. The Hall–Kier alpha value is -0.590. The summed E-state index contributed by atoms with van der Waals surface area (Å²) in [7, 11) is 2.06. The van der Waals surface area contributed by atoms with Crippen LogP contribution >= 0.6 is 0 Å². The molecule has 0 saturated carbocycles. The molecule has 0 aromatic rings. The summed E-state index contributed by atoms with van der Waals surface area (Å²) in [6, 6.07) is 2.61. The van der Waals surface area contributed by atoms with Crippen LogP contribution in [0.5, 0.6) is 0 Å². The summed E-state index contributed by atoms with van der Waals surface area (Å²) < 4.78 is 0. The van der Waals surface area contributed by atoms with Crippen molar-refractivity contribution >= 4 is 0 Å². The van der Waals surface area contributed by atoms with E-state index in [0.29, 0.717) is 12.5 Å². The van der Waals surface area contributed by atoms with Gasteiger partial charge in [0.2, 0.25) is 0 Å². The highest BCUT2D eigenvalue weighted by Crippen LogP contribution is 2.05. The molecule has 0 spiro atoms. The van der Waals surface area contributed by atoms with Gasteiger partial charge in [-0.2, -0.15) is 5.26 Å². The number of rotatable bonds is 6. The smallest absolute Gasteiger partial charge is 0.0638 e. The Labute approximate surface area is 75.2 Å². The van der Waals surface area contributed by atoms with Crippen molar-refractivity contribution in [2.45, 2.75) is 32.2 Å². The van der Waals surface area contributed by atoms with E-state index >= 15 is 0 Å². The summed E-state index contributed by atoms with van der Waals surface area (Å²) in [6.45, 7) is 3.84. The maximum Gasteiger partial charge on any atom is 0.0638 e. The van der Waals surface area contributed by atoms with Crippen LogP contribution in [0.15, 0.2) is 0 Å². The number of nitrogens with two attached hydrogens (primary N) is 1. The fraction of sp³-hybridized carbons (Fsp3) is 0.889. The zero-order valence-corrected chi connectivity index (χ0v) is 8.08. The SMILES string of the molecule is CCC(CC#N)N(C)CCCN. The van der Waals surface area contributed by atoms with Gasteiger partial charge in [0.1, 0.15) is 0 Å². The summed E-state index contributed by atoms with van der Waals surface area (Å²) >= 11 is 0. The Kier molecular flexibility index (Phi) is 6.73. The zero-order chi connectivity index (χ0) is 9.40. The lowest BCUT2D eigenvalue weighted by Gasteiger charge is -2.24. The second-order valence-corrected chi connectivity index (χ2v) is 3.05. The van der Waals surface area contributed by atoms with Gasteiger partial charge in [-0.25, -0.2) is 0 Å². The summed E-state index contributed by atoms with van der Waals surface area (Å²) in [5, 5.41) is 8.54. The highest BCUT2D eigenvalue weighted by atomic mass is 15.1. The van der Waals surface area contributed by atoms with E-state index in [4.69, 9.17) is 11.0 Å². The highest BCUT2D eigenvalue weighted by molar-refractivity contribution is 4.80. The summed E-state index contributed by atoms with van der Waals surface area (Å²) in [6.07, 6.45) is 2.67. The second-order valence-electron chi connectivity index (χ2n) is 3.05. The minimum absolute atomic E-state index is 0.404. The van der Waals surface area contributed by atoms with Crippen LogP contribution in [0.1, 0.15) is 26.2 Å². The first kappa shape index (κ1) is 11.4. The number of hydrogen-bond acceptors (Lipinski definition) is 3. The molecule has 0 fully saturated rings. The Balaban J connectivity index is 3.70. The minimum Gasteiger partial charge on any atom is -0.330 e. The van der Waals surface area contributed by atoms with Gasteiger partial charge in [0.05, 0.1) is 12.5 Å². The van der Waals surface area contributed by atoms with Crippen molar-refractivity contribution in [2.24, 2.45) is 5.73 Å². The average Bonchev–Trinajstić information content (AvgIpc) is 2.10.